The first kappa shape index (κ1) is 29.9. The molecule has 2 heterocycles. The smallest absolute Gasteiger partial charge is 0.295 e. The highest BCUT2D eigenvalue weighted by atomic mass is 35.5. The molecule has 3 aromatic rings. The van der Waals surface area contributed by atoms with Gasteiger partial charge in [-0.05, 0) is 44.6 Å². The molecular formula is C28H37ClN6O4. The molecule has 2 amide bonds. The quantitative estimate of drug-likeness (QED) is 0.353. The van der Waals surface area contributed by atoms with Gasteiger partial charge in [0.2, 0.25) is 11.8 Å². The molecule has 0 spiro atoms. The summed E-state index contributed by atoms with van der Waals surface area (Å²) in [6.45, 7) is 6.79. The van der Waals surface area contributed by atoms with Crippen LogP contribution in [0, 0.1) is 5.41 Å². The van der Waals surface area contributed by atoms with Gasteiger partial charge >= 0.3 is 0 Å². The lowest BCUT2D eigenvalue weighted by Gasteiger charge is -2.24. The molecule has 0 aliphatic heterocycles. The van der Waals surface area contributed by atoms with E-state index in [0.29, 0.717) is 30.3 Å². The molecule has 1 aromatic carbocycles. The first-order valence-corrected chi connectivity index (χ1v) is 13.2. The molecule has 0 radical (unpaired) electrons. The third kappa shape index (κ3) is 7.70. The fourth-order valence-corrected chi connectivity index (χ4v) is 4.34. The number of aromatic nitrogens is 3. The summed E-state index contributed by atoms with van der Waals surface area (Å²) in [6.07, 6.45) is 2.06. The van der Waals surface area contributed by atoms with Gasteiger partial charge in [0.25, 0.3) is 11.5 Å². The Hall–Kier alpha value is -3.63. The number of hydrogen-bond donors (Lipinski definition) is 2. The van der Waals surface area contributed by atoms with Crippen molar-refractivity contribution in [2.75, 3.05) is 39.1 Å². The number of carbonyl (C=O) groups is 2. The van der Waals surface area contributed by atoms with Crippen LogP contribution in [0.1, 0.15) is 43.2 Å². The van der Waals surface area contributed by atoms with Crippen LogP contribution in [0.2, 0.25) is 5.02 Å². The number of carbonyl (C=O) groups excluding carboxylic acids is 2. The summed E-state index contributed by atoms with van der Waals surface area (Å²) in [5.74, 6) is -0.525. The van der Waals surface area contributed by atoms with E-state index in [9.17, 15) is 14.4 Å². The molecular weight excluding hydrogens is 520 g/mol. The lowest BCUT2D eigenvalue weighted by atomic mass is 9.88. The Morgan fingerprint density at radius 1 is 1.18 bits per heavy atom. The van der Waals surface area contributed by atoms with Crippen molar-refractivity contribution < 1.29 is 14.3 Å². The molecule has 2 N–H and O–H groups in total. The first-order chi connectivity index (χ1) is 18.4. The molecule has 3 rings (SSSR count). The largest absolute Gasteiger partial charge is 0.477 e. The monoisotopic (exact) mass is 556 g/mol. The van der Waals surface area contributed by atoms with Crippen molar-refractivity contribution in [3.63, 3.8) is 0 Å². The van der Waals surface area contributed by atoms with Gasteiger partial charge < -0.3 is 20.3 Å². The average molecular weight is 557 g/mol. The summed E-state index contributed by atoms with van der Waals surface area (Å²) in [5, 5.41) is 6.04. The SMILES string of the molecule is CCOc1ncc(Cl)cc1C(=O)NCC(C)(C)CC(=O)Nc1c(CCN(C)C)n(C)n(-c2ccccc2)c1=O. The zero-order chi connectivity index (χ0) is 28.7. The first-order valence-electron chi connectivity index (χ1n) is 12.8. The number of nitrogens with zero attached hydrogens (tertiary/aromatic N) is 4. The Kier molecular flexibility index (Phi) is 9.93. The van der Waals surface area contributed by atoms with Crippen LogP contribution in [0.3, 0.4) is 0 Å². The van der Waals surface area contributed by atoms with Gasteiger partial charge in [0.1, 0.15) is 11.3 Å². The van der Waals surface area contributed by atoms with Crippen molar-refractivity contribution in [2.24, 2.45) is 12.5 Å². The Balaban J connectivity index is 1.76. The second kappa shape index (κ2) is 12.9. The second-order valence-electron chi connectivity index (χ2n) is 10.4. The summed E-state index contributed by atoms with van der Waals surface area (Å²) in [4.78, 5) is 45.6. The Labute approximate surface area is 233 Å². The maximum Gasteiger partial charge on any atom is 0.295 e. The van der Waals surface area contributed by atoms with Crippen LogP contribution in [0.15, 0.2) is 47.4 Å². The molecule has 0 atom stereocenters. The number of hydrogen-bond acceptors (Lipinski definition) is 6. The zero-order valence-electron chi connectivity index (χ0n) is 23.4. The van der Waals surface area contributed by atoms with Crippen molar-refractivity contribution in [1.82, 2.24) is 24.6 Å². The van der Waals surface area contributed by atoms with Crippen LogP contribution in [0.5, 0.6) is 5.88 Å². The number of nitrogens with one attached hydrogen (secondary N) is 2. The fourth-order valence-electron chi connectivity index (χ4n) is 4.19. The predicted molar refractivity (Wildman–Crippen MR) is 153 cm³/mol. The predicted octanol–water partition coefficient (Wildman–Crippen LogP) is 3.51. The van der Waals surface area contributed by atoms with E-state index in [2.05, 4.69) is 15.6 Å². The van der Waals surface area contributed by atoms with Gasteiger partial charge in [-0.15, -0.1) is 0 Å². The molecule has 0 bridgehead atoms. The third-order valence-electron chi connectivity index (χ3n) is 6.16. The lowest BCUT2D eigenvalue weighted by molar-refractivity contribution is -0.118. The molecule has 0 saturated carbocycles. The maximum atomic E-state index is 13.5. The van der Waals surface area contributed by atoms with Gasteiger partial charge in [0.15, 0.2) is 0 Å². The lowest BCUT2D eigenvalue weighted by Crippen LogP contribution is -2.37. The molecule has 210 valence electrons. The summed E-state index contributed by atoms with van der Waals surface area (Å²) in [7, 11) is 5.73. The number of benzene rings is 1. The van der Waals surface area contributed by atoms with Crippen LogP contribution >= 0.6 is 11.6 Å². The van der Waals surface area contributed by atoms with E-state index in [-0.39, 0.29) is 41.6 Å². The number of anilines is 1. The van der Waals surface area contributed by atoms with Crippen LogP contribution in [0.25, 0.3) is 5.69 Å². The van der Waals surface area contributed by atoms with E-state index in [1.54, 1.807) is 16.3 Å². The topological polar surface area (TPSA) is 110 Å². The number of ether oxygens (including phenoxy) is 1. The number of amides is 2. The van der Waals surface area contributed by atoms with E-state index >= 15 is 0 Å². The third-order valence-corrected chi connectivity index (χ3v) is 6.36. The Bertz CT molecular complexity index is 1360. The highest BCUT2D eigenvalue weighted by Gasteiger charge is 2.27. The molecule has 39 heavy (non-hydrogen) atoms. The van der Waals surface area contributed by atoms with Crippen molar-refractivity contribution in [2.45, 2.75) is 33.6 Å². The van der Waals surface area contributed by atoms with Gasteiger partial charge in [-0.2, -0.15) is 0 Å². The van der Waals surface area contributed by atoms with E-state index in [0.717, 1.165) is 5.69 Å². The van der Waals surface area contributed by atoms with Gasteiger partial charge in [-0.1, -0.05) is 43.6 Å². The summed E-state index contributed by atoms with van der Waals surface area (Å²) in [6, 6.07) is 10.8. The highest BCUT2D eigenvalue weighted by molar-refractivity contribution is 6.30. The summed E-state index contributed by atoms with van der Waals surface area (Å²) in [5.41, 5.74) is 1.01. The molecule has 0 aliphatic rings. The molecule has 10 nitrogen and oxygen atoms in total. The number of likely N-dealkylation sites (N-methyl/N-ethyl adjacent to an activating group) is 1. The molecule has 0 fully saturated rings. The number of rotatable bonds is 12. The maximum absolute atomic E-state index is 13.5. The Morgan fingerprint density at radius 3 is 2.51 bits per heavy atom. The van der Waals surface area contributed by atoms with E-state index in [4.69, 9.17) is 16.3 Å². The molecule has 0 saturated heterocycles. The van der Waals surface area contributed by atoms with Crippen molar-refractivity contribution >= 4 is 29.1 Å². The van der Waals surface area contributed by atoms with E-state index in [1.165, 1.54) is 12.3 Å². The number of pyridine rings is 1. The minimum Gasteiger partial charge on any atom is -0.477 e. The van der Waals surface area contributed by atoms with Gasteiger partial charge in [-0.3, -0.25) is 19.1 Å². The Morgan fingerprint density at radius 2 is 1.87 bits per heavy atom. The molecule has 11 heteroatoms. The second-order valence-corrected chi connectivity index (χ2v) is 10.8. The molecule has 0 aliphatic carbocycles. The minimum absolute atomic E-state index is 0.0756. The standard InChI is InChI=1S/C28H37ClN6O4/c1-7-39-26-21(15-19(29)17-30-26)25(37)31-18-28(2,3)16-23(36)32-24-22(13-14-33(4)5)34(6)35(27(24)38)20-11-9-8-10-12-20/h8-12,15,17H,7,13-14,16,18H2,1-6H3,(H,31,37)(H,32,36). The van der Waals surface area contributed by atoms with Crippen molar-refractivity contribution in [3.05, 3.63) is 69.2 Å². The molecule has 0 unspecified atom stereocenters. The molecule has 2 aromatic heterocycles. The van der Waals surface area contributed by atoms with Gasteiger partial charge in [0.05, 0.1) is 23.0 Å². The van der Waals surface area contributed by atoms with Crippen molar-refractivity contribution in [3.8, 4) is 11.6 Å². The van der Waals surface area contributed by atoms with E-state index in [1.807, 2.05) is 70.2 Å². The number of para-hydroxylation sites is 1. The van der Waals surface area contributed by atoms with E-state index < -0.39 is 11.3 Å². The summed E-state index contributed by atoms with van der Waals surface area (Å²) < 4.78 is 8.79. The summed E-state index contributed by atoms with van der Waals surface area (Å²) >= 11 is 6.03. The van der Waals surface area contributed by atoms with Crippen LogP contribution < -0.4 is 20.9 Å². The van der Waals surface area contributed by atoms with Crippen LogP contribution in [0.4, 0.5) is 5.69 Å². The van der Waals surface area contributed by atoms with Crippen molar-refractivity contribution in [1.29, 1.82) is 0 Å². The van der Waals surface area contributed by atoms with Crippen LogP contribution in [-0.2, 0) is 18.3 Å². The van der Waals surface area contributed by atoms with Crippen LogP contribution in [-0.4, -0.2) is 64.9 Å². The zero-order valence-corrected chi connectivity index (χ0v) is 24.1. The number of halogens is 1. The fraction of sp³-hybridized carbons (Fsp3) is 0.429. The van der Waals surface area contributed by atoms with Gasteiger partial charge in [-0.25, -0.2) is 9.67 Å². The normalized spacial score (nSPS) is 11.5. The van der Waals surface area contributed by atoms with Gasteiger partial charge in [0, 0.05) is 39.2 Å². The minimum atomic E-state index is -0.617. The highest BCUT2D eigenvalue weighted by Crippen LogP contribution is 2.24. The average Bonchev–Trinajstić information content (AvgIpc) is 3.10.